The van der Waals surface area contributed by atoms with Gasteiger partial charge >= 0.3 is 5.97 Å². The van der Waals surface area contributed by atoms with Crippen LogP contribution in [0, 0.1) is 17.3 Å². The summed E-state index contributed by atoms with van der Waals surface area (Å²) < 4.78 is 19.0. The van der Waals surface area contributed by atoms with Crippen molar-refractivity contribution in [3.8, 4) is 22.6 Å². The standard InChI is InChI=1S/C47H61N9O7S/c1-10-38(57)54-21-18-30(25-54)44(59)53(8)40(27(3)4)43(58)49-35-23-37-50-42(52-64-37)29-16-17-36-32(22-29)33(41(55(36)11-2)31-14-12-19-48-39(31)28(5)62-9)24-47(6,7)26-63-46(61)34-15-13-20-56(51-34)45(35)60/h10,12,14,16-17,19,22,27-28,30,34-35,40,51H,1,11,13,15,18,20-21,23-26H2,2-9H3,(H,49,58)/t28-,30-,34-,35-,40-/m0/s1. The van der Waals surface area contributed by atoms with Crippen LogP contribution in [0.1, 0.15) is 83.2 Å². The highest BCUT2D eigenvalue weighted by Crippen LogP contribution is 2.42. The van der Waals surface area contributed by atoms with Crippen molar-refractivity contribution in [1.82, 2.24) is 44.5 Å². The van der Waals surface area contributed by atoms with E-state index in [0.29, 0.717) is 56.1 Å². The van der Waals surface area contributed by atoms with Gasteiger partial charge in [-0.25, -0.2) is 10.4 Å². The molecule has 4 aromatic rings. The predicted molar refractivity (Wildman–Crippen MR) is 243 cm³/mol. The summed E-state index contributed by atoms with van der Waals surface area (Å²) in [5, 5.41) is 5.91. The van der Waals surface area contributed by atoms with Gasteiger partial charge in [0.25, 0.3) is 5.91 Å². The van der Waals surface area contributed by atoms with E-state index in [1.807, 2.05) is 32.9 Å². The summed E-state index contributed by atoms with van der Waals surface area (Å²) in [6.07, 6.45) is 4.77. The number of carbonyl (C=O) groups excluding carboxylic acids is 5. The zero-order chi connectivity index (χ0) is 46.0. The van der Waals surface area contributed by atoms with Gasteiger partial charge in [-0.1, -0.05) is 34.3 Å². The van der Waals surface area contributed by atoms with E-state index in [-0.39, 0.29) is 43.4 Å². The molecule has 7 rings (SSSR count). The minimum atomic E-state index is -1.12. The molecule has 3 aliphatic rings. The minimum Gasteiger partial charge on any atom is -0.464 e. The fourth-order valence-electron chi connectivity index (χ4n) is 9.36. The van der Waals surface area contributed by atoms with Gasteiger partial charge in [0.15, 0.2) is 5.82 Å². The van der Waals surface area contributed by atoms with E-state index in [1.165, 1.54) is 16.0 Å². The molecular formula is C47H61N9O7S. The molecule has 1 aromatic carbocycles. The van der Waals surface area contributed by atoms with Gasteiger partial charge in [0.2, 0.25) is 17.7 Å². The molecule has 342 valence electrons. The zero-order valence-electron chi connectivity index (χ0n) is 38.2. The number of amides is 4. The van der Waals surface area contributed by atoms with E-state index in [4.69, 9.17) is 23.8 Å². The highest BCUT2D eigenvalue weighted by atomic mass is 32.1. The number of likely N-dealkylation sites (tertiary alicyclic amines) is 1. The molecule has 0 radical (unpaired) electrons. The average molecular weight is 896 g/mol. The lowest BCUT2D eigenvalue weighted by Crippen LogP contribution is -2.62. The van der Waals surface area contributed by atoms with Crippen LogP contribution in [0.15, 0.2) is 49.2 Å². The number of nitrogens with one attached hydrogen (secondary N) is 2. The second kappa shape index (κ2) is 19.3. The molecule has 16 nitrogen and oxygen atoms in total. The lowest BCUT2D eigenvalue weighted by atomic mass is 9.84. The van der Waals surface area contributed by atoms with Crippen molar-refractivity contribution < 1.29 is 33.4 Å². The molecule has 2 saturated heterocycles. The molecule has 6 heterocycles. The normalized spacial score (nSPS) is 21.3. The van der Waals surface area contributed by atoms with E-state index < -0.39 is 47.2 Å². The summed E-state index contributed by atoms with van der Waals surface area (Å²) in [5.74, 6) is -2.24. The van der Waals surface area contributed by atoms with Crippen LogP contribution in [0.25, 0.3) is 33.5 Å². The second-order valence-electron chi connectivity index (χ2n) is 18.3. The molecule has 0 spiro atoms. The molecule has 2 fully saturated rings. The Morgan fingerprint density at radius 1 is 1.16 bits per heavy atom. The highest BCUT2D eigenvalue weighted by Gasteiger charge is 2.40. The summed E-state index contributed by atoms with van der Waals surface area (Å²) in [5.41, 5.74) is 8.26. The summed E-state index contributed by atoms with van der Waals surface area (Å²) in [7, 11) is 3.27. The Kier molecular flexibility index (Phi) is 14.0. The van der Waals surface area contributed by atoms with Crippen LogP contribution in [0.5, 0.6) is 0 Å². The minimum absolute atomic E-state index is 0.0127. The number of methoxy groups -OCH3 is 1. The topological polar surface area (TPSA) is 181 Å². The summed E-state index contributed by atoms with van der Waals surface area (Å²) >= 11 is 1.15. The Morgan fingerprint density at radius 3 is 2.66 bits per heavy atom. The van der Waals surface area contributed by atoms with E-state index in [0.717, 1.165) is 50.5 Å². The number of benzene rings is 1. The average Bonchev–Trinajstić information content (AvgIpc) is 4.05. The number of aromatic nitrogens is 4. The Hall–Kier alpha value is -5.52. The number of fused-ring (bicyclic) bond motifs is 6. The Morgan fingerprint density at radius 2 is 1.94 bits per heavy atom. The Labute approximate surface area is 378 Å². The number of carbonyl (C=O) groups is 5. The molecule has 0 saturated carbocycles. The van der Waals surface area contributed by atoms with Crippen LogP contribution in [-0.4, -0.2) is 122 Å². The molecule has 3 aromatic heterocycles. The predicted octanol–water partition coefficient (Wildman–Crippen LogP) is 5.12. The molecule has 64 heavy (non-hydrogen) atoms. The number of hydrogen-bond donors (Lipinski definition) is 2. The highest BCUT2D eigenvalue weighted by molar-refractivity contribution is 7.05. The van der Waals surface area contributed by atoms with Crippen molar-refractivity contribution in [2.45, 2.75) is 104 Å². The third kappa shape index (κ3) is 9.47. The number of esters is 1. The number of aryl methyl sites for hydroxylation is 1. The smallest absolute Gasteiger partial charge is 0.324 e. The molecular weight excluding hydrogens is 835 g/mol. The monoisotopic (exact) mass is 895 g/mol. The van der Waals surface area contributed by atoms with Crippen LogP contribution < -0.4 is 10.7 Å². The maximum Gasteiger partial charge on any atom is 0.324 e. The van der Waals surface area contributed by atoms with Crippen molar-refractivity contribution in [2.75, 3.05) is 40.4 Å². The van der Waals surface area contributed by atoms with Crippen molar-refractivity contribution in [3.05, 3.63) is 65.4 Å². The first-order valence-corrected chi connectivity index (χ1v) is 23.0. The molecule has 17 heteroatoms. The van der Waals surface area contributed by atoms with Gasteiger partial charge in [0.1, 0.15) is 23.1 Å². The summed E-state index contributed by atoms with van der Waals surface area (Å²) in [6.45, 7) is 17.3. The molecule has 0 unspecified atom stereocenters. The lowest BCUT2D eigenvalue weighted by Gasteiger charge is -2.36. The first kappa shape index (κ1) is 46.5. The van der Waals surface area contributed by atoms with E-state index in [1.54, 1.807) is 25.3 Å². The molecule has 2 N–H and O–H groups in total. The molecule has 0 aliphatic carbocycles. The van der Waals surface area contributed by atoms with Crippen molar-refractivity contribution in [1.29, 1.82) is 0 Å². The van der Waals surface area contributed by atoms with Gasteiger partial charge in [-0.3, -0.25) is 34.0 Å². The second-order valence-corrected chi connectivity index (χ2v) is 19.1. The number of ether oxygens (including phenoxy) is 2. The van der Waals surface area contributed by atoms with Gasteiger partial charge in [-0.2, -0.15) is 4.37 Å². The van der Waals surface area contributed by atoms with Crippen LogP contribution in [0.2, 0.25) is 0 Å². The number of cyclic esters (lactones) is 1. The van der Waals surface area contributed by atoms with Gasteiger partial charge in [-0.05, 0) is 99.0 Å². The molecule has 6 bridgehead atoms. The number of nitrogens with zero attached hydrogens (tertiary/aromatic N) is 7. The van der Waals surface area contributed by atoms with Gasteiger partial charge in [-0.15, -0.1) is 0 Å². The van der Waals surface area contributed by atoms with Crippen molar-refractivity contribution >= 4 is 52.0 Å². The molecule has 5 atom stereocenters. The number of rotatable bonds is 10. The van der Waals surface area contributed by atoms with E-state index >= 15 is 0 Å². The van der Waals surface area contributed by atoms with Crippen molar-refractivity contribution in [3.63, 3.8) is 0 Å². The van der Waals surface area contributed by atoms with Gasteiger partial charge < -0.3 is 29.2 Å². The van der Waals surface area contributed by atoms with Crippen LogP contribution in [0.4, 0.5) is 0 Å². The van der Waals surface area contributed by atoms with Crippen LogP contribution >= 0.6 is 11.5 Å². The van der Waals surface area contributed by atoms with Gasteiger partial charge in [0.05, 0.1) is 30.0 Å². The first-order chi connectivity index (χ1) is 30.5. The SMILES string of the molecule is C=CC(=O)N1CC[C@H](C(=O)N(C)[C@H](C(=O)N[C@H]2Cc3nc(ns3)-c3ccc4c(c3)c(c(-c3cccnc3[C@H](C)OC)n4CC)CC(C)(C)COC(=O)[C@@H]3CCCN(N3)C2=O)C(C)C)C1. The largest absolute Gasteiger partial charge is 0.464 e. The summed E-state index contributed by atoms with van der Waals surface area (Å²) in [4.78, 5) is 81.7. The van der Waals surface area contributed by atoms with Crippen LogP contribution in [0.3, 0.4) is 0 Å². The van der Waals surface area contributed by atoms with Crippen LogP contribution in [-0.2, 0) is 52.8 Å². The third-order valence-corrected chi connectivity index (χ3v) is 13.5. The quantitative estimate of drug-likeness (QED) is 0.160. The number of likely N-dealkylation sites (N-methyl/N-ethyl adjacent to an activating group) is 1. The zero-order valence-corrected chi connectivity index (χ0v) is 39.0. The van der Waals surface area contributed by atoms with E-state index in [9.17, 15) is 24.0 Å². The number of hydrogen-bond acceptors (Lipinski definition) is 12. The van der Waals surface area contributed by atoms with Gasteiger partial charge in [0, 0.05) is 80.4 Å². The fourth-order valence-corrected chi connectivity index (χ4v) is 10.1. The Bertz CT molecular complexity index is 2430. The number of hydrazine groups is 1. The molecule has 4 amide bonds. The maximum absolute atomic E-state index is 14.6. The fraction of sp³-hybridized carbons (Fsp3) is 0.532. The first-order valence-electron chi connectivity index (χ1n) is 22.2. The summed E-state index contributed by atoms with van der Waals surface area (Å²) in [6, 6.07) is 7.36. The lowest BCUT2D eigenvalue weighted by molar-refractivity contribution is -0.155. The van der Waals surface area contributed by atoms with Crippen molar-refractivity contribution in [2.24, 2.45) is 17.3 Å². The van der Waals surface area contributed by atoms with E-state index in [2.05, 4.69) is 60.9 Å². The maximum atomic E-state index is 14.6. The third-order valence-electron chi connectivity index (χ3n) is 12.7. The Balaban J connectivity index is 1.27. The molecule has 3 aliphatic heterocycles. The number of pyridine rings is 1.